The van der Waals surface area contributed by atoms with Crippen molar-refractivity contribution in [3.63, 3.8) is 0 Å². The van der Waals surface area contributed by atoms with Crippen LogP contribution in [0.25, 0.3) is 38.6 Å². The molecule has 192 valence electrons. The molecule has 4 aromatic heterocycles. The first-order valence-corrected chi connectivity index (χ1v) is 12.6. The molecule has 0 radical (unpaired) electrons. The van der Waals surface area contributed by atoms with Gasteiger partial charge in [0.2, 0.25) is 5.95 Å². The van der Waals surface area contributed by atoms with Crippen LogP contribution >= 0.6 is 0 Å². The Balaban J connectivity index is 1.57. The van der Waals surface area contributed by atoms with E-state index in [1.54, 1.807) is 30.3 Å². The summed E-state index contributed by atoms with van der Waals surface area (Å²) in [6.45, 7) is 2.09. The first-order valence-electron chi connectivity index (χ1n) is 12.6. The number of nitrogen functional groups attached to an aromatic ring is 1. The van der Waals surface area contributed by atoms with Gasteiger partial charge < -0.3 is 10.5 Å². The molecule has 2 aromatic carbocycles. The van der Waals surface area contributed by atoms with Gasteiger partial charge in [-0.2, -0.15) is 0 Å². The Labute approximate surface area is 224 Å². The van der Waals surface area contributed by atoms with Crippen LogP contribution < -0.4 is 16.0 Å². The zero-order valence-electron chi connectivity index (χ0n) is 21.6. The third-order valence-corrected chi connectivity index (χ3v) is 6.90. The summed E-state index contributed by atoms with van der Waals surface area (Å²) >= 11 is 0. The summed E-state index contributed by atoms with van der Waals surface area (Å²) in [5.74, 6) is 0.736. The number of benzene rings is 2. The molecule has 0 unspecified atom stereocenters. The van der Waals surface area contributed by atoms with Crippen LogP contribution in [0.3, 0.4) is 0 Å². The number of nitrogens with zero attached hydrogens (tertiary/aromatic N) is 5. The molecular weight excluding hydrogens is 488 g/mol. The van der Waals surface area contributed by atoms with E-state index < -0.39 is 0 Å². The third-order valence-electron chi connectivity index (χ3n) is 6.90. The highest BCUT2D eigenvalue weighted by Gasteiger charge is 2.21. The standard InChI is InChI=1S/C31H26N6O2/c1-19(14-26-29-25(12-7-13-34-29)35-31(32)36-26)27-16-20-8-6-11-24(21-15-23(39-2)18-33-17-21)28(20)30(38)37(27)22-9-4-3-5-10-22/h3-13,15-19H,14H2,1-2H3,(H2,32,35,36)/t19-/m1/s1. The molecule has 0 bridgehead atoms. The Morgan fingerprint density at radius 1 is 0.974 bits per heavy atom. The lowest BCUT2D eigenvalue weighted by Crippen LogP contribution is -2.24. The zero-order valence-corrected chi connectivity index (χ0v) is 21.6. The van der Waals surface area contributed by atoms with Gasteiger partial charge >= 0.3 is 0 Å². The van der Waals surface area contributed by atoms with Crippen molar-refractivity contribution in [2.24, 2.45) is 0 Å². The molecule has 39 heavy (non-hydrogen) atoms. The molecule has 1 atom stereocenters. The van der Waals surface area contributed by atoms with E-state index in [-0.39, 0.29) is 17.4 Å². The third kappa shape index (κ3) is 4.46. The molecule has 8 nitrogen and oxygen atoms in total. The maximum atomic E-state index is 14.4. The van der Waals surface area contributed by atoms with Gasteiger partial charge in [0.05, 0.1) is 29.9 Å². The lowest BCUT2D eigenvalue weighted by molar-refractivity contribution is 0.413. The molecular formula is C31H26N6O2. The summed E-state index contributed by atoms with van der Waals surface area (Å²) in [5.41, 5.74) is 11.3. The first-order chi connectivity index (χ1) is 19.0. The zero-order chi connectivity index (χ0) is 26.9. The second-order valence-electron chi connectivity index (χ2n) is 9.43. The van der Waals surface area contributed by atoms with Crippen LogP contribution in [0.15, 0.2) is 96.2 Å². The van der Waals surface area contributed by atoms with Crippen LogP contribution in [0, 0.1) is 0 Å². The fraction of sp³-hybridized carbons (Fsp3) is 0.129. The molecule has 0 spiro atoms. The fourth-order valence-electron chi connectivity index (χ4n) is 5.09. The molecule has 0 aliphatic rings. The van der Waals surface area contributed by atoms with Gasteiger partial charge in [0.25, 0.3) is 5.56 Å². The predicted molar refractivity (Wildman–Crippen MR) is 153 cm³/mol. The van der Waals surface area contributed by atoms with Gasteiger partial charge in [-0.15, -0.1) is 0 Å². The van der Waals surface area contributed by atoms with E-state index in [0.29, 0.717) is 28.6 Å². The molecule has 8 heteroatoms. The first kappa shape index (κ1) is 24.2. The van der Waals surface area contributed by atoms with Crippen molar-refractivity contribution in [2.75, 3.05) is 12.8 Å². The van der Waals surface area contributed by atoms with E-state index >= 15 is 0 Å². The van der Waals surface area contributed by atoms with Gasteiger partial charge in [0, 0.05) is 41.7 Å². The molecule has 0 aliphatic carbocycles. The Bertz CT molecular complexity index is 1880. The molecule has 0 saturated heterocycles. The van der Waals surface area contributed by atoms with E-state index in [1.807, 2.05) is 66.7 Å². The molecule has 4 heterocycles. The monoisotopic (exact) mass is 514 g/mol. The van der Waals surface area contributed by atoms with E-state index in [4.69, 9.17) is 10.5 Å². The quantitative estimate of drug-likeness (QED) is 0.320. The minimum atomic E-state index is -0.107. The van der Waals surface area contributed by atoms with Crippen molar-refractivity contribution in [2.45, 2.75) is 19.3 Å². The van der Waals surface area contributed by atoms with Crippen LogP contribution in [0.4, 0.5) is 5.95 Å². The number of hydrogen-bond donors (Lipinski definition) is 1. The largest absolute Gasteiger partial charge is 0.495 e. The van der Waals surface area contributed by atoms with Gasteiger partial charge in [0.15, 0.2) is 0 Å². The Morgan fingerprint density at radius 2 is 1.82 bits per heavy atom. The average molecular weight is 515 g/mol. The maximum Gasteiger partial charge on any atom is 0.263 e. The maximum absolute atomic E-state index is 14.4. The predicted octanol–water partition coefficient (Wildman–Crippen LogP) is 5.33. The van der Waals surface area contributed by atoms with Crippen LogP contribution in [0.1, 0.15) is 24.2 Å². The molecule has 2 N–H and O–H groups in total. The van der Waals surface area contributed by atoms with Crippen molar-refractivity contribution >= 4 is 27.8 Å². The van der Waals surface area contributed by atoms with Crippen LogP contribution in [0.5, 0.6) is 5.75 Å². The molecule has 0 fully saturated rings. The smallest absolute Gasteiger partial charge is 0.263 e. The lowest BCUT2D eigenvalue weighted by Gasteiger charge is -2.21. The van der Waals surface area contributed by atoms with E-state index in [1.165, 1.54) is 0 Å². The SMILES string of the molecule is COc1cncc(-c2cccc3cc([C@H](C)Cc4nc(N)nc5cccnc45)n(-c4ccccc4)c(=O)c23)c1. The number of hydrogen-bond acceptors (Lipinski definition) is 7. The lowest BCUT2D eigenvalue weighted by atomic mass is 9.95. The number of nitrogens with two attached hydrogens (primary N) is 1. The van der Waals surface area contributed by atoms with Crippen LogP contribution in [-0.4, -0.2) is 31.6 Å². The summed E-state index contributed by atoms with van der Waals surface area (Å²) in [6.07, 6.45) is 5.64. The minimum absolute atomic E-state index is 0.0936. The summed E-state index contributed by atoms with van der Waals surface area (Å²) in [4.78, 5) is 32.0. The van der Waals surface area contributed by atoms with Crippen molar-refractivity contribution < 1.29 is 4.74 Å². The Kier molecular flexibility index (Phi) is 6.20. The van der Waals surface area contributed by atoms with Crippen molar-refractivity contribution in [3.8, 4) is 22.6 Å². The van der Waals surface area contributed by atoms with Gasteiger partial charge in [-0.25, -0.2) is 9.97 Å². The van der Waals surface area contributed by atoms with Gasteiger partial charge in [0.1, 0.15) is 11.3 Å². The van der Waals surface area contributed by atoms with E-state index in [0.717, 1.165) is 33.6 Å². The fourth-order valence-corrected chi connectivity index (χ4v) is 5.09. The van der Waals surface area contributed by atoms with Gasteiger partial charge in [-0.3, -0.25) is 19.3 Å². The second kappa shape index (κ2) is 9.98. The number of pyridine rings is 3. The number of ether oxygens (including phenoxy) is 1. The Hall–Kier alpha value is -5.11. The number of fused-ring (bicyclic) bond motifs is 2. The molecule has 0 saturated carbocycles. The van der Waals surface area contributed by atoms with E-state index in [9.17, 15) is 4.79 Å². The molecule has 0 amide bonds. The number of rotatable bonds is 6. The summed E-state index contributed by atoms with van der Waals surface area (Å²) in [7, 11) is 1.60. The molecule has 6 rings (SSSR count). The Morgan fingerprint density at radius 3 is 2.64 bits per heavy atom. The highest BCUT2D eigenvalue weighted by molar-refractivity contribution is 5.96. The van der Waals surface area contributed by atoms with Gasteiger partial charge in [-0.1, -0.05) is 43.3 Å². The number of para-hydroxylation sites is 1. The highest BCUT2D eigenvalue weighted by Crippen LogP contribution is 2.32. The normalized spacial score (nSPS) is 12.1. The van der Waals surface area contributed by atoms with Crippen molar-refractivity contribution in [3.05, 3.63) is 113 Å². The van der Waals surface area contributed by atoms with Crippen molar-refractivity contribution in [1.29, 1.82) is 0 Å². The topological polar surface area (TPSA) is 109 Å². The number of anilines is 1. The summed E-state index contributed by atoms with van der Waals surface area (Å²) in [5, 5.41) is 1.46. The minimum Gasteiger partial charge on any atom is -0.495 e. The molecule has 0 aliphatic heterocycles. The second-order valence-corrected chi connectivity index (χ2v) is 9.43. The van der Waals surface area contributed by atoms with Crippen LogP contribution in [0.2, 0.25) is 0 Å². The van der Waals surface area contributed by atoms with Crippen LogP contribution in [-0.2, 0) is 6.42 Å². The molecule has 6 aromatic rings. The van der Waals surface area contributed by atoms with Crippen molar-refractivity contribution in [1.82, 2.24) is 24.5 Å². The van der Waals surface area contributed by atoms with Gasteiger partial charge in [-0.05, 0) is 47.3 Å². The highest BCUT2D eigenvalue weighted by atomic mass is 16.5. The van der Waals surface area contributed by atoms with E-state index in [2.05, 4.69) is 32.9 Å². The summed E-state index contributed by atoms with van der Waals surface area (Å²) in [6, 6.07) is 23.2. The number of methoxy groups -OCH3 is 1. The summed E-state index contributed by atoms with van der Waals surface area (Å²) < 4.78 is 7.18. The number of aromatic nitrogens is 5. The average Bonchev–Trinajstić information content (AvgIpc) is 2.97.